The number of alkyl halides is 3. The van der Waals surface area contributed by atoms with Gasteiger partial charge >= 0.3 is 6.18 Å². The zero-order chi connectivity index (χ0) is 12.9. The molecule has 0 atom stereocenters. The van der Waals surface area contributed by atoms with E-state index in [0.717, 1.165) is 0 Å². The lowest BCUT2D eigenvalue weighted by molar-refractivity contribution is -0.138. The average molecular weight is 268 g/mol. The van der Waals surface area contributed by atoms with Crippen molar-refractivity contribution in [3.8, 4) is 0 Å². The van der Waals surface area contributed by atoms with Gasteiger partial charge in [0.05, 0.1) is 0 Å². The highest BCUT2D eigenvalue weighted by Gasteiger charge is 2.35. The monoisotopic (exact) mass is 268 g/mol. The molecule has 17 heavy (non-hydrogen) atoms. The number of anilines is 1. The molecule has 1 aromatic heterocycles. The zero-order valence-corrected chi connectivity index (χ0v) is 9.78. The molecule has 5 nitrogen and oxygen atoms in total. The SMILES string of the molecule is CCNC(=O)CCNc1nnc(C(F)(F)F)s1. The van der Waals surface area contributed by atoms with Gasteiger partial charge in [-0.25, -0.2) is 0 Å². The lowest BCUT2D eigenvalue weighted by Gasteiger charge is -2.02. The molecular weight excluding hydrogens is 257 g/mol. The molecule has 0 aliphatic rings. The Morgan fingerprint density at radius 3 is 2.65 bits per heavy atom. The number of hydrogen-bond acceptors (Lipinski definition) is 5. The Kier molecular flexibility index (Phi) is 4.67. The summed E-state index contributed by atoms with van der Waals surface area (Å²) in [6, 6.07) is 0. The van der Waals surface area contributed by atoms with Gasteiger partial charge in [-0.05, 0) is 6.92 Å². The van der Waals surface area contributed by atoms with E-state index in [4.69, 9.17) is 0 Å². The molecule has 0 unspecified atom stereocenters. The standard InChI is InChI=1S/C8H11F3N4OS/c1-2-12-5(16)3-4-13-7-15-14-6(17-7)8(9,10)11/h2-4H2,1H3,(H,12,16)(H,13,15). The topological polar surface area (TPSA) is 66.9 Å². The van der Waals surface area contributed by atoms with E-state index in [-0.39, 0.29) is 24.0 Å². The minimum Gasteiger partial charge on any atom is -0.360 e. The van der Waals surface area contributed by atoms with Gasteiger partial charge in [0.1, 0.15) is 0 Å². The third kappa shape index (κ3) is 4.55. The van der Waals surface area contributed by atoms with Crippen LogP contribution in [0.2, 0.25) is 0 Å². The number of nitrogens with zero attached hydrogens (tertiary/aromatic N) is 2. The number of carbonyl (C=O) groups excluding carboxylic acids is 1. The number of rotatable bonds is 5. The van der Waals surface area contributed by atoms with E-state index >= 15 is 0 Å². The largest absolute Gasteiger partial charge is 0.445 e. The van der Waals surface area contributed by atoms with E-state index in [0.29, 0.717) is 17.9 Å². The number of halogens is 3. The normalized spacial score (nSPS) is 11.3. The quantitative estimate of drug-likeness (QED) is 0.849. The zero-order valence-electron chi connectivity index (χ0n) is 8.97. The van der Waals surface area contributed by atoms with Crippen LogP contribution in [0.5, 0.6) is 0 Å². The van der Waals surface area contributed by atoms with Crippen molar-refractivity contribution in [2.24, 2.45) is 0 Å². The van der Waals surface area contributed by atoms with Crippen LogP contribution < -0.4 is 10.6 Å². The second-order valence-electron chi connectivity index (χ2n) is 3.04. The maximum absolute atomic E-state index is 12.2. The van der Waals surface area contributed by atoms with Gasteiger partial charge in [-0.3, -0.25) is 4.79 Å². The summed E-state index contributed by atoms with van der Waals surface area (Å²) in [5.74, 6) is -0.166. The first kappa shape index (κ1) is 13.7. The molecule has 1 amide bonds. The second kappa shape index (κ2) is 5.80. The van der Waals surface area contributed by atoms with Crippen molar-refractivity contribution in [2.45, 2.75) is 19.5 Å². The minimum absolute atomic E-state index is 0.0571. The van der Waals surface area contributed by atoms with Crippen LogP contribution in [-0.2, 0) is 11.0 Å². The van der Waals surface area contributed by atoms with Crippen molar-refractivity contribution < 1.29 is 18.0 Å². The Balaban J connectivity index is 2.38. The molecule has 0 saturated carbocycles. The number of amides is 1. The number of aromatic nitrogens is 2. The summed E-state index contributed by atoms with van der Waals surface area (Å²) in [4.78, 5) is 11.0. The fourth-order valence-electron chi connectivity index (χ4n) is 0.978. The van der Waals surface area contributed by atoms with Crippen molar-refractivity contribution in [2.75, 3.05) is 18.4 Å². The van der Waals surface area contributed by atoms with Crippen molar-refractivity contribution in [1.82, 2.24) is 15.5 Å². The molecule has 1 heterocycles. The van der Waals surface area contributed by atoms with Gasteiger partial charge in [-0.15, -0.1) is 10.2 Å². The van der Waals surface area contributed by atoms with Crippen LogP contribution in [0.25, 0.3) is 0 Å². The highest BCUT2D eigenvalue weighted by atomic mass is 32.1. The van der Waals surface area contributed by atoms with Gasteiger partial charge in [0, 0.05) is 19.5 Å². The van der Waals surface area contributed by atoms with Gasteiger partial charge in [-0.1, -0.05) is 11.3 Å². The lowest BCUT2D eigenvalue weighted by atomic mass is 10.4. The van der Waals surface area contributed by atoms with Gasteiger partial charge < -0.3 is 10.6 Å². The lowest BCUT2D eigenvalue weighted by Crippen LogP contribution is -2.24. The molecule has 0 spiro atoms. The van der Waals surface area contributed by atoms with Crippen LogP contribution in [0.1, 0.15) is 18.4 Å². The van der Waals surface area contributed by atoms with Crippen molar-refractivity contribution >= 4 is 22.4 Å². The first-order chi connectivity index (χ1) is 7.93. The Morgan fingerprint density at radius 2 is 2.12 bits per heavy atom. The molecule has 9 heteroatoms. The molecule has 0 aliphatic heterocycles. The number of carbonyl (C=O) groups is 1. The van der Waals surface area contributed by atoms with E-state index in [1.807, 2.05) is 0 Å². The summed E-state index contributed by atoms with van der Waals surface area (Å²) in [7, 11) is 0. The Labute approximate surface area is 99.4 Å². The molecule has 0 aromatic carbocycles. The van der Waals surface area contributed by atoms with Crippen molar-refractivity contribution in [1.29, 1.82) is 0 Å². The van der Waals surface area contributed by atoms with Crippen LogP contribution in [0.15, 0.2) is 0 Å². The predicted octanol–water partition coefficient (Wildman–Crippen LogP) is 1.49. The minimum atomic E-state index is -4.48. The third-order valence-corrected chi connectivity index (χ3v) is 2.60. The Bertz CT molecular complexity index is 379. The number of nitrogens with one attached hydrogen (secondary N) is 2. The summed E-state index contributed by atoms with van der Waals surface area (Å²) in [6.45, 7) is 2.53. The molecule has 96 valence electrons. The van der Waals surface area contributed by atoms with Crippen LogP contribution in [-0.4, -0.2) is 29.2 Å². The smallest absolute Gasteiger partial charge is 0.360 e. The van der Waals surface area contributed by atoms with E-state index in [9.17, 15) is 18.0 Å². The molecule has 0 aliphatic carbocycles. The van der Waals surface area contributed by atoms with Gasteiger partial charge in [-0.2, -0.15) is 13.2 Å². The molecule has 0 saturated heterocycles. The van der Waals surface area contributed by atoms with Gasteiger partial charge in [0.15, 0.2) is 0 Å². The van der Waals surface area contributed by atoms with Crippen LogP contribution >= 0.6 is 11.3 Å². The summed E-state index contributed by atoms with van der Waals surface area (Å²) in [5, 5.41) is 10.6. The molecule has 1 rings (SSSR count). The summed E-state index contributed by atoms with van der Waals surface area (Å²) in [6.07, 6.45) is -4.30. The van der Waals surface area contributed by atoms with Gasteiger partial charge in [0.2, 0.25) is 16.0 Å². The Hall–Kier alpha value is -1.38. The fourth-order valence-corrected chi connectivity index (χ4v) is 1.61. The van der Waals surface area contributed by atoms with Crippen LogP contribution in [0, 0.1) is 0 Å². The molecule has 0 radical (unpaired) electrons. The van der Waals surface area contributed by atoms with E-state index in [2.05, 4.69) is 20.8 Å². The summed E-state index contributed by atoms with van der Waals surface area (Å²) in [5.41, 5.74) is 0. The third-order valence-electron chi connectivity index (χ3n) is 1.67. The predicted molar refractivity (Wildman–Crippen MR) is 56.7 cm³/mol. The average Bonchev–Trinajstić information content (AvgIpc) is 2.66. The first-order valence-corrected chi connectivity index (χ1v) is 5.66. The molecule has 0 bridgehead atoms. The number of hydrogen-bond donors (Lipinski definition) is 2. The van der Waals surface area contributed by atoms with E-state index in [1.165, 1.54) is 0 Å². The molecule has 0 fully saturated rings. The summed E-state index contributed by atoms with van der Waals surface area (Å²) < 4.78 is 36.5. The summed E-state index contributed by atoms with van der Waals surface area (Å²) >= 11 is 0.415. The van der Waals surface area contributed by atoms with Crippen LogP contribution in [0.4, 0.5) is 18.3 Å². The molecule has 1 aromatic rings. The van der Waals surface area contributed by atoms with Crippen molar-refractivity contribution in [3.63, 3.8) is 0 Å². The molecular formula is C8H11F3N4OS. The highest BCUT2D eigenvalue weighted by Crippen LogP contribution is 2.32. The van der Waals surface area contributed by atoms with E-state index in [1.54, 1.807) is 6.92 Å². The maximum atomic E-state index is 12.2. The second-order valence-corrected chi connectivity index (χ2v) is 4.02. The van der Waals surface area contributed by atoms with Crippen LogP contribution in [0.3, 0.4) is 0 Å². The highest BCUT2D eigenvalue weighted by molar-refractivity contribution is 7.15. The fraction of sp³-hybridized carbons (Fsp3) is 0.625. The molecule has 2 N–H and O–H groups in total. The van der Waals surface area contributed by atoms with E-state index < -0.39 is 11.2 Å². The maximum Gasteiger partial charge on any atom is 0.445 e. The van der Waals surface area contributed by atoms with Crippen molar-refractivity contribution in [3.05, 3.63) is 5.01 Å². The first-order valence-electron chi connectivity index (χ1n) is 4.84. The Morgan fingerprint density at radius 1 is 1.41 bits per heavy atom. The van der Waals surface area contributed by atoms with Gasteiger partial charge in [0.25, 0.3) is 0 Å².